The van der Waals surface area contributed by atoms with Crippen LogP contribution in [-0.4, -0.2) is 41.6 Å². The van der Waals surface area contributed by atoms with Gasteiger partial charge in [-0.1, -0.05) is 0 Å². The summed E-state index contributed by atoms with van der Waals surface area (Å²) in [5.74, 6) is 0.141. The first kappa shape index (κ1) is 11.3. The van der Waals surface area contributed by atoms with E-state index in [9.17, 15) is 4.79 Å². The van der Waals surface area contributed by atoms with Gasteiger partial charge in [-0.05, 0) is 24.3 Å². The van der Waals surface area contributed by atoms with Crippen LogP contribution >= 0.6 is 0 Å². The van der Waals surface area contributed by atoms with Crippen molar-refractivity contribution in [1.29, 1.82) is 0 Å². The molecule has 1 N–H and O–H groups in total. The molecule has 0 bridgehead atoms. The summed E-state index contributed by atoms with van der Waals surface area (Å²) in [7, 11) is 2.01. The summed E-state index contributed by atoms with van der Waals surface area (Å²) in [6.07, 6.45) is 2.02. The van der Waals surface area contributed by atoms with Gasteiger partial charge in [-0.2, -0.15) is 0 Å². The van der Waals surface area contributed by atoms with Crippen molar-refractivity contribution in [2.45, 2.75) is 0 Å². The second-order valence-corrected chi connectivity index (χ2v) is 4.74. The number of aromatic nitrogens is 1. The maximum atomic E-state index is 12.3. The van der Waals surface area contributed by atoms with E-state index in [0.29, 0.717) is 0 Å². The average molecular weight is 243 g/mol. The average Bonchev–Trinajstić information content (AvgIpc) is 2.80. The Morgan fingerprint density at radius 2 is 2.00 bits per heavy atom. The van der Waals surface area contributed by atoms with E-state index in [2.05, 4.69) is 9.88 Å². The molecule has 2 heterocycles. The Kier molecular flexibility index (Phi) is 2.80. The van der Waals surface area contributed by atoms with Gasteiger partial charge in [0, 0.05) is 55.9 Å². The van der Waals surface area contributed by atoms with Crippen LogP contribution in [0.4, 0.5) is 0 Å². The largest absolute Gasteiger partial charge is 0.351 e. The van der Waals surface area contributed by atoms with Crippen molar-refractivity contribution in [2.75, 3.05) is 26.2 Å². The summed E-state index contributed by atoms with van der Waals surface area (Å²) in [5, 5.41) is 4.38. The number of nitrogens with one attached hydrogen (secondary N) is 1. The molecule has 94 valence electrons. The Bertz CT molecular complexity index is 582. The molecule has 0 unspecified atom stereocenters. The number of hydrogen-bond acceptors (Lipinski definition) is 2. The number of piperazine rings is 1. The molecule has 1 amide bonds. The molecule has 0 saturated carbocycles. The second kappa shape index (κ2) is 4.46. The molecular formula is C14H17N3O. The third-order valence-corrected chi connectivity index (χ3v) is 3.54. The topological polar surface area (TPSA) is 37.3 Å². The van der Waals surface area contributed by atoms with Crippen LogP contribution in [0.1, 0.15) is 10.4 Å². The predicted molar refractivity (Wildman–Crippen MR) is 71.7 cm³/mol. The molecule has 1 aromatic heterocycles. The third-order valence-electron chi connectivity index (χ3n) is 3.54. The minimum absolute atomic E-state index is 0.141. The quantitative estimate of drug-likeness (QED) is 0.818. The number of benzene rings is 1. The fraction of sp³-hybridized carbons (Fsp3) is 0.357. The Hall–Kier alpha value is -1.81. The van der Waals surface area contributed by atoms with E-state index in [1.165, 1.54) is 0 Å². The van der Waals surface area contributed by atoms with Crippen LogP contribution < -0.4 is 5.32 Å². The minimum atomic E-state index is 0.141. The summed E-state index contributed by atoms with van der Waals surface area (Å²) in [6.45, 7) is 3.37. The maximum absolute atomic E-state index is 12.3. The van der Waals surface area contributed by atoms with Crippen LogP contribution in [0.2, 0.25) is 0 Å². The lowest BCUT2D eigenvalue weighted by Crippen LogP contribution is -2.46. The molecule has 1 aliphatic heterocycles. The van der Waals surface area contributed by atoms with E-state index in [4.69, 9.17) is 0 Å². The Labute approximate surface area is 106 Å². The van der Waals surface area contributed by atoms with Crippen LogP contribution in [0.5, 0.6) is 0 Å². The Morgan fingerprint density at radius 3 is 2.78 bits per heavy atom. The molecule has 2 aromatic rings. The molecule has 1 aliphatic rings. The molecule has 1 saturated heterocycles. The van der Waals surface area contributed by atoms with Crippen molar-refractivity contribution in [3.05, 3.63) is 36.0 Å². The summed E-state index contributed by atoms with van der Waals surface area (Å²) >= 11 is 0. The third kappa shape index (κ3) is 1.88. The van der Waals surface area contributed by atoms with E-state index in [0.717, 1.165) is 42.6 Å². The molecule has 0 aliphatic carbocycles. The summed E-state index contributed by atoms with van der Waals surface area (Å²) in [6, 6.07) is 7.97. The number of carbonyl (C=O) groups is 1. The molecule has 1 fully saturated rings. The standard InChI is InChI=1S/C14H17N3O/c1-16-7-4-11-10-12(2-3-13(11)16)14(18)17-8-5-15-6-9-17/h2-4,7,10,15H,5-6,8-9H2,1H3. The number of hydrogen-bond donors (Lipinski definition) is 1. The van der Waals surface area contributed by atoms with Gasteiger partial charge in [0.15, 0.2) is 0 Å². The molecule has 0 spiro atoms. The van der Waals surface area contributed by atoms with Crippen molar-refractivity contribution in [3.63, 3.8) is 0 Å². The van der Waals surface area contributed by atoms with Crippen LogP contribution in [0.3, 0.4) is 0 Å². The number of rotatable bonds is 1. The molecule has 0 atom stereocenters. The van der Waals surface area contributed by atoms with Gasteiger partial charge in [0.2, 0.25) is 0 Å². The number of aryl methyl sites for hydroxylation is 1. The zero-order valence-corrected chi connectivity index (χ0v) is 10.5. The number of nitrogens with zero attached hydrogens (tertiary/aromatic N) is 2. The van der Waals surface area contributed by atoms with Crippen LogP contribution in [0.15, 0.2) is 30.5 Å². The van der Waals surface area contributed by atoms with Gasteiger partial charge in [-0.3, -0.25) is 4.79 Å². The lowest BCUT2D eigenvalue weighted by atomic mass is 10.1. The van der Waals surface area contributed by atoms with Gasteiger partial charge in [-0.15, -0.1) is 0 Å². The maximum Gasteiger partial charge on any atom is 0.253 e. The van der Waals surface area contributed by atoms with Gasteiger partial charge < -0.3 is 14.8 Å². The first-order valence-corrected chi connectivity index (χ1v) is 6.31. The van der Waals surface area contributed by atoms with E-state index in [1.807, 2.05) is 42.4 Å². The molecule has 0 radical (unpaired) electrons. The first-order chi connectivity index (χ1) is 8.75. The van der Waals surface area contributed by atoms with Crippen molar-refractivity contribution < 1.29 is 4.79 Å². The summed E-state index contributed by atoms with van der Waals surface area (Å²) in [5.41, 5.74) is 1.95. The molecule has 4 nitrogen and oxygen atoms in total. The number of amides is 1. The summed E-state index contributed by atoms with van der Waals surface area (Å²) < 4.78 is 2.06. The van der Waals surface area contributed by atoms with Crippen LogP contribution in [-0.2, 0) is 7.05 Å². The molecule has 3 rings (SSSR count). The predicted octanol–water partition coefficient (Wildman–Crippen LogP) is 1.22. The lowest BCUT2D eigenvalue weighted by Gasteiger charge is -2.27. The van der Waals surface area contributed by atoms with Gasteiger partial charge in [0.05, 0.1) is 0 Å². The van der Waals surface area contributed by atoms with Crippen LogP contribution in [0.25, 0.3) is 10.9 Å². The summed E-state index contributed by atoms with van der Waals surface area (Å²) in [4.78, 5) is 14.3. The Morgan fingerprint density at radius 1 is 1.22 bits per heavy atom. The molecular weight excluding hydrogens is 226 g/mol. The monoisotopic (exact) mass is 243 g/mol. The highest BCUT2D eigenvalue weighted by Gasteiger charge is 2.18. The van der Waals surface area contributed by atoms with Gasteiger partial charge in [0.1, 0.15) is 0 Å². The van der Waals surface area contributed by atoms with E-state index < -0.39 is 0 Å². The van der Waals surface area contributed by atoms with Crippen molar-refractivity contribution >= 4 is 16.8 Å². The normalized spacial score (nSPS) is 16.2. The highest BCUT2D eigenvalue weighted by Crippen LogP contribution is 2.17. The number of fused-ring (bicyclic) bond motifs is 1. The lowest BCUT2D eigenvalue weighted by molar-refractivity contribution is 0.0736. The fourth-order valence-electron chi connectivity index (χ4n) is 2.47. The highest BCUT2D eigenvalue weighted by molar-refractivity contribution is 5.98. The Balaban J connectivity index is 1.91. The van der Waals surface area contributed by atoms with Crippen molar-refractivity contribution in [1.82, 2.24) is 14.8 Å². The van der Waals surface area contributed by atoms with Gasteiger partial charge in [0.25, 0.3) is 5.91 Å². The smallest absolute Gasteiger partial charge is 0.253 e. The van der Waals surface area contributed by atoms with E-state index >= 15 is 0 Å². The second-order valence-electron chi connectivity index (χ2n) is 4.74. The zero-order valence-electron chi connectivity index (χ0n) is 10.5. The van der Waals surface area contributed by atoms with Crippen molar-refractivity contribution in [3.8, 4) is 0 Å². The van der Waals surface area contributed by atoms with Gasteiger partial charge in [-0.25, -0.2) is 0 Å². The van der Waals surface area contributed by atoms with Crippen LogP contribution in [0, 0.1) is 0 Å². The molecule has 18 heavy (non-hydrogen) atoms. The highest BCUT2D eigenvalue weighted by atomic mass is 16.2. The molecule has 4 heteroatoms. The first-order valence-electron chi connectivity index (χ1n) is 6.31. The van der Waals surface area contributed by atoms with E-state index in [-0.39, 0.29) is 5.91 Å². The SMILES string of the molecule is Cn1ccc2cc(C(=O)N3CCNCC3)ccc21. The van der Waals surface area contributed by atoms with Gasteiger partial charge >= 0.3 is 0 Å². The number of carbonyl (C=O) groups excluding carboxylic acids is 1. The fourth-order valence-corrected chi connectivity index (χ4v) is 2.47. The minimum Gasteiger partial charge on any atom is -0.351 e. The van der Waals surface area contributed by atoms with Crippen molar-refractivity contribution in [2.24, 2.45) is 7.05 Å². The molecule has 1 aromatic carbocycles. The zero-order chi connectivity index (χ0) is 12.5. The van der Waals surface area contributed by atoms with E-state index in [1.54, 1.807) is 0 Å².